The Hall–Kier alpha value is -11.4. The fraction of sp³-hybridized carbons (Fsp3) is 0.714. The average Bonchev–Trinajstić information content (AvgIpc) is 1.53. The Morgan fingerprint density at radius 3 is 1.14 bits per heavy atom. The maximum Gasteiger partial charge on any atom is 0.332 e. The van der Waals surface area contributed by atoms with E-state index in [9.17, 15) is 104 Å². The van der Waals surface area contributed by atoms with Gasteiger partial charge in [-0.2, -0.15) is 0 Å². The molecule has 14 rings (SSSR count). The molecule has 0 aromatic heterocycles. The number of ether oxygens (including phenoxy) is 3. The monoisotopic (exact) mass is 2030 g/mol. The second-order valence-corrected chi connectivity index (χ2v) is 49.1. The third-order valence-electron chi connectivity index (χ3n) is 32.6. The number of carbonyl (C=O) groups excluding carboxylic acids is 18. The predicted molar refractivity (Wildman–Crippen MR) is 520 cm³/mol. The number of halogens is 4. The lowest BCUT2D eigenvalue weighted by Crippen LogP contribution is -2.64. The van der Waals surface area contributed by atoms with Gasteiger partial charge in [-0.1, -0.05) is 210 Å². The first-order valence-corrected chi connectivity index (χ1v) is 51.1. The molecule has 9 aliphatic carbocycles. The second-order valence-electron chi connectivity index (χ2n) is 49.1. The predicted octanol–water partition coefficient (Wildman–Crippen LogP) is 8.42. The largest absolute Gasteiger partial charge is 0.459 e. The molecule has 40 heteroatoms. The van der Waals surface area contributed by atoms with Crippen LogP contribution in [0.4, 0.5) is 31.9 Å². The lowest BCUT2D eigenvalue weighted by atomic mass is 9.80. The standard InChI is InChI=1S/C39H53N5O7.C34H47F2N5O7.C32H51F2N5O7/c1-38(2)27-20-44(31(29(27)38)34(47)41-28(18-22-13-14-22)32(45)33(40)46)35(48)30(25-11-7-4-8-12-25)42-37(50)43-39(19-24-15-16-26(39)17-24)36(49)51-21-23-9-5-3-6-10-23;1-17(2)23(30(46)48-16-18-11-9-8-10-12-18)39-31(47)40-26(32(3,4)5)29(45)41-15-20-22(33(20,6)7)24(41)28(44)38-21(25(42)27(37)43)13-19-14-34(19,35)36;1-28(2,3)21(37-27(45)38-22(29(4,5)6)26(44)46-30(7,8)9)25(43)39-14-16-18(31(16,10)11)19(39)24(42)36-17(20(40)23(35)41)12-15-13-32(15,33)34/h3,5-6,9-10,22,24-31H,4,7-8,11-21H2,1-2H3,(H2,40,46)(H,41,47)(H2,42,43,50);8-12,17,19-24,26H,13-16H2,1-7H3,(H2,37,43)(H,38,44)(H2,39,40,47);15-19,21-22H,12-14H2,1-11H3,(H2,35,41)(H,36,42)(H2,37,38,45)/t24?,26?,27-,28?,29-,30-,31-,39?;19?,20-,21?,22-,23-,24-,26+;15?,16-,17?,18-,19-,21+,22+/m000/s1. The molecule has 12 aliphatic rings. The van der Waals surface area contributed by atoms with Gasteiger partial charge >= 0.3 is 36.0 Å². The number of primary amides is 3. The van der Waals surface area contributed by atoms with Crippen molar-refractivity contribution < 1.29 is 118 Å². The van der Waals surface area contributed by atoms with Crippen molar-refractivity contribution in [2.75, 3.05) is 19.6 Å². The number of carbonyl (C=O) groups is 18. The topological polar surface area (TPSA) is 531 Å². The van der Waals surface area contributed by atoms with Gasteiger partial charge in [0.2, 0.25) is 52.8 Å². The molecule has 145 heavy (non-hydrogen) atoms. The van der Waals surface area contributed by atoms with Crippen LogP contribution in [0.5, 0.6) is 0 Å². The van der Waals surface area contributed by atoms with Gasteiger partial charge in [0.05, 0.1) is 18.1 Å². The number of piperidine rings is 3. The zero-order valence-corrected chi connectivity index (χ0v) is 87.1. The summed E-state index contributed by atoms with van der Waals surface area (Å²) in [5.74, 6) is -21.3. The number of hydrogen-bond donors (Lipinski definition) is 12. The lowest BCUT2D eigenvalue weighted by molar-refractivity contribution is -0.160. The van der Waals surface area contributed by atoms with Crippen molar-refractivity contribution >= 4 is 107 Å². The molecule has 0 spiro atoms. The zero-order chi connectivity index (χ0) is 108. The number of nitrogens with one attached hydrogen (secondary N) is 9. The average molecular weight is 2040 g/mol. The van der Waals surface area contributed by atoms with Crippen molar-refractivity contribution in [2.45, 2.75) is 344 Å². The molecule has 15 N–H and O–H groups in total. The second kappa shape index (κ2) is 42.5. The van der Waals surface area contributed by atoms with E-state index in [1.807, 2.05) is 76.2 Å². The first-order chi connectivity index (χ1) is 67.1. The van der Waals surface area contributed by atoms with E-state index in [4.69, 9.17) is 31.4 Å². The van der Waals surface area contributed by atoms with Gasteiger partial charge in [0.25, 0.3) is 29.6 Å². The van der Waals surface area contributed by atoms with Gasteiger partial charge in [0.15, 0.2) is 0 Å². The number of esters is 3. The molecule has 0 radical (unpaired) electrons. The van der Waals surface area contributed by atoms with Crippen LogP contribution in [0.3, 0.4) is 0 Å². The molecule has 3 aliphatic heterocycles. The summed E-state index contributed by atoms with van der Waals surface area (Å²) in [4.78, 5) is 243. The summed E-state index contributed by atoms with van der Waals surface area (Å²) in [5.41, 5.74) is 12.0. The van der Waals surface area contributed by atoms with Crippen molar-refractivity contribution in [1.82, 2.24) is 62.6 Å². The summed E-state index contributed by atoms with van der Waals surface area (Å²) in [6.07, 6.45) is 7.91. The lowest BCUT2D eigenvalue weighted by Gasteiger charge is -2.39. The van der Waals surface area contributed by atoms with Crippen molar-refractivity contribution in [1.29, 1.82) is 0 Å². The Labute approximate surface area is 845 Å². The van der Waals surface area contributed by atoms with E-state index in [1.165, 1.54) is 9.80 Å². The molecule has 3 heterocycles. The summed E-state index contributed by atoms with van der Waals surface area (Å²) in [6, 6.07) is 3.87. The summed E-state index contributed by atoms with van der Waals surface area (Å²) >= 11 is 0. The molecule has 8 unspecified atom stereocenters. The van der Waals surface area contributed by atoms with Crippen molar-refractivity contribution in [2.24, 2.45) is 127 Å². The Bertz CT molecular complexity index is 5290. The molecule has 36 nitrogen and oxygen atoms in total. The summed E-state index contributed by atoms with van der Waals surface area (Å²) in [5, 5.41) is 24.5. The quantitative estimate of drug-likeness (QED) is 0.0132. The van der Waals surface area contributed by atoms with Crippen LogP contribution in [-0.2, 0) is 99.3 Å². The number of Topliss-reactive ketones (excluding diaryl/α,β-unsaturated/α-hetero) is 3. The highest BCUT2D eigenvalue weighted by molar-refractivity contribution is 6.39. The highest BCUT2D eigenvalue weighted by Crippen LogP contribution is 2.68. The Morgan fingerprint density at radius 2 is 0.800 bits per heavy atom. The fourth-order valence-corrected chi connectivity index (χ4v) is 23.3. The van der Waals surface area contributed by atoms with Crippen LogP contribution in [0, 0.1) is 109 Å². The van der Waals surface area contributed by atoms with E-state index >= 15 is 0 Å². The van der Waals surface area contributed by atoms with Crippen molar-refractivity contribution in [3.8, 4) is 0 Å². The SMILES string of the molecule is CC(C)(C)OC(=O)[C@@H](NC(=O)N[C@H](C(=O)N1C[C@H]2[C@@H]([C@H]1C(=O)NC(CC1CC1(F)F)C(=O)C(N)=O)C2(C)C)C(C)(C)C)C(C)(C)C.CC(C)[C@H](NC(=O)N[C@H](C(=O)N1C[C@H]2[C@@H]([C@H]1C(=O)NC(CC1CC1(F)F)C(=O)C(N)=O)C2(C)C)C(C)(C)C)C(=O)OCc1ccccc1.CC1(C)[C@@H]2[C@@H](C(=O)NC(CC3CC3)C(=O)C(N)=O)N(C(=O)[C@@H](NC(=O)NC3(C(=O)OCc4ccccc4)CC4CCC3C4)C3CCCCC3)C[C@@H]21. The number of hydrogen-bond acceptors (Lipinski definition) is 21. The van der Waals surface area contributed by atoms with Crippen LogP contribution in [-0.4, -0.2) is 230 Å². The third-order valence-corrected chi connectivity index (χ3v) is 32.6. The van der Waals surface area contributed by atoms with Gasteiger partial charge < -0.3 is 94.0 Å². The minimum Gasteiger partial charge on any atom is -0.459 e. The highest BCUT2D eigenvalue weighted by Gasteiger charge is 2.74. The highest BCUT2D eigenvalue weighted by atomic mass is 19.3. The van der Waals surface area contributed by atoms with Crippen LogP contribution in [0.15, 0.2) is 60.7 Å². The molecule has 800 valence electrons. The molecule has 3 saturated heterocycles. The zero-order valence-electron chi connectivity index (χ0n) is 87.1. The van der Waals surface area contributed by atoms with Crippen LogP contribution >= 0.6 is 0 Å². The van der Waals surface area contributed by atoms with E-state index < -0.39 is 244 Å². The van der Waals surface area contributed by atoms with Crippen molar-refractivity contribution in [3.63, 3.8) is 0 Å². The van der Waals surface area contributed by atoms with Gasteiger partial charge in [-0.15, -0.1) is 0 Å². The number of ketones is 3. The van der Waals surface area contributed by atoms with Gasteiger partial charge in [0, 0.05) is 44.3 Å². The number of rotatable bonds is 36. The van der Waals surface area contributed by atoms with E-state index in [0.29, 0.717) is 25.3 Å². The number of alkyl halides is 4. The first kappa shape index (κ1) is 112. The number of benzene rings is 2. The summed E-state index contributed by atoms with van der Waals surface area (Å²) in [6.45, 7) is 37.1. The molecule has 2 bridgehead atoms. The Kier molecular flexibility index (Phi) is 32.9. The van der Waals surface area contributed by atoms with E-state index in [1.54, 1.807) is 114 Å². The maximum absolute atomic E-state index is 14.7. The Balaban J connectivity index is 0.000000194. The fourth-order valence-electron chi connectivity index (χ4n) is 23.3. The Morgan fingerprint density at radius 1 is 0.428 bits per heavy atom. The molecule has 2 aromatic carbocycles. The molecule has 12 fully saturated rings. The number of amides is 15. The van der Waals surface area contributed by atoms with Crippen LogP contribution < -0.4 is 65.1 Å². The van der Waals surface area contributed by atoms with Gasteiger partial charge in [0.1, 0.15) is 72.7 Å². The summed E-state index contributed by atoms with van der Waals surface area (Å²) < 4.78 is 71.6. The normalized spacial score (nSPS) is 27.8. The number of urea groups is 3. The van der Waals surface area contributed by atoms with Gasteiger partial charge in [-0.05, 0) is 187 Å². The van der Waals surface area contributed by atoms with Crippen LogP contribution in [0.2, 0.25) is 0 Å². The number of fused-ring (bicyclic) bond motifs is 5. The van der Waals surface area contributed by atoms with Crippen LogP contribution in [0.25, 0.3) is 0 Å². The third kappa shape index (κ3) is 25.9. The molecular formula is C105H151F4N15O21. The van der Waals surface area contributed by atoms with Crippen LogP contribution in [0.1, 0.15) is 252 Å². The van der Waals surface area contributed by atoms with Crippen molar-refractivity contribution in [3.05, 3.63) is 71.8 Å². The van der Waals surface area contributed by atoms with E-state index in [-0.39, 0.29) is 108 Å². The molecular weight excluding hydrogens is 1880 g/mol. The van der Waals surface area contributed by atoms with E-state index in [0.717, 1.165) is 75.3 Å². The minimum atomic E-state index is -3.00. The molecule has 15 amide bonds. The molecule has 22 atom stereocenters. The first-order valence-electron chi connectivity index (χ1n) is 51.1. The van der Waals surface area contributed by atoms with Gasteiger partial charge in [-0.3, -0.25) is 57.5 Å². The molecule has 9 saturated carbocycles. The number of nitrogens with zero attached hydrogens (tertiary/aromatic N) is 3. The van der Waals surface area contributed by atoms with Gasteiger partial charge in [-0.25, -0.2) is 46.3 Å². The summed E-state index contributed by atoms with van der Waals surface area (Å²) in [7, 11) is 0. The smallest absolute Gasteiger partial charge is 0.332 e. The minimum absolute atomic E-state index is 0.0152. The number of nitrogens with two attached hydrogens (primary N) is 3. The van der Waals surface area contributed by atoms with E-state index in [2.05, 4.69) is 61.7 Å². The number of likely N-dealkylation sites (tertiary alicyclic amines) is 3. The maximum atomic E-state index is 14.7. The molecule has 2 aromatic rings.